The second-order valence-corrected chi connectivity index (χ2v) is 5.33. The van der Waals surface area contributed by atoms with Crippen molar-refractivity contribution in [3.63, 3.8) is 0 Å². The molecule has 2 rings (SSSR count). The Hall–Kier alpha value is -2.11. The minimum absolute atomic E-state index is 0.0586. The number of hydrogen-bond acceptors (Lipinski definition) is 3. The third kappa shape index (κ3) is 5.54. The van der Waals surface area contributed by atoms with Gasteiger partial charge in [-0.15, -0.1) is 0 Å². The molecule has 0 aromatic heterocycles. The molecule has 0 bridgehead atoms. The molecule has 4 nitrogen and oxygen atoms in total. The Kier molecular flexibility index (Phi) is 6.38. The summed E-state index contributed by atoms with van der Waals surface area (Å²) in [7, 11) is 0. The van der Waals surface area contributed by atoms with Crippen LogP contribution in [0.25, 0.3) is 0 Å². The van der Waals surface area contributed by atoms with Crippen LogP contribution in [0.2, 0.25) is 5.02 Å². The van der Waals surface area contributed by atoms with Gasteiger partial charge in [-0.3, -0.25) is 4.79 Å². The fourth-order valence-electron chi connectivity index (χ4n) is 1.97. The number of carbonyl (C=O) groups is 1. The predicted octanol–water partition coefficient (Wildman–Crippen LogP) is 3.10. The molecule has 0 aliphatic carbocycles. The van der Waals surface area contributed by atoms with Crippen molar-refractivity contribution in [2.45, 2.75) is 12.5 Å². The lowest BCUT2D eigenvalue weighted by Gasteiger charge is -2.13. The summed E-state index contributed by atoms with van der Waals surface area (Å²) in [4.78, 5) is 11.7. The number of benzene rings is 2. The van der Waals surface area contributed by atoms with E-state index in [1.807, 2.05) is 0 Å². The lowest BCUT2D eigenvalue weighted by atomic mass is 10.1. The zero-order valence-electron chi connectivity index (χ0n) is 12.3. The van der Waals surface area contributed by atoms with Gasteiger partial charge in [-0.25, -0.2) is 4.39 Å². The molecule has 122 valence electrons. The number of carbonyl (C=O) groups excluding carboxylic acids is 1. The first-order chi connectivity index (χ1) is 11.1. The van der Waals surface area contributed by atoms with Gasteiger partial charge in [0.1, 0.15) is 11.6 Å². The van der Waals surface area contributed by atoms with Gasteiger partial charge < -0.3 is 15.2 Å². The van der Waals surface area contributed by atoms with Gasteiger partial charge in [-0.2, -0.15) is 0 Å². The van der Waals surface area contributed by atoms with E-state index in [1.165, 1.54) is 18.2 Å². The lowest BCUT2D eigenvalue weighted by molar-refractivity contribution is -0.122. The van der Waals surface area contributed by atoms with Gasteiger partial charge in [0.05, 0.1) is 19.1 Å². The molecule has 1 unspecified atom stereocenters. The van der Waals surface area contributed by atoms with E-state index in [9.17, 15) is 14.3 Å². The average molecular weight is 338 g/mol. The highest BCUT2D eigenvalue weighted by atomic mass is 35.5. The highest BCUT2D eigenvalue weighted by Crippen LogP contribution is 2.17. The summed E-state index contributed by atoms with van der Waals surface area (Å²) in [6, 6.07) is 12.8. The van der Waals surface area contributed by atoms with E-state index in [2.05, 4.69) is 5.32 Å². The van der Waals surface area contributed by atoms with Crippen molar-refractivity contribution in [1.29, 1.82) is 0 Å². The number of amides is 1. The Labute approximate surface area is 138 Å². The maximum atomic E-state index is 13.5. The van der Waals surface area contributed by atoms with Crippen molar-refractivity contribution >= 4 is 17.5 Å². The normalized spacial score (nSPS) is 11.8. The monoisotopic (exact) mass is 337 g/mol. The van der Waals surface area contributed by atoms with Crippen LogP contribution >= 0.6 is 11.6 Å². The van der Waals surface area contributed by atoms with Crippen LogP contribution in [0, 0.1) is 5.82 Å². The minimum Gasteiger partial charge on any atom is -0.493 e. The molecule has 2 N–H and O–H groups in total. The van der Waals surface area contributed by atoms with Gasteiger partial charge in [-0.1, -0.05) is 35.9 Å². The first-order valence-corrected chi connectivity index (χ1v) is 7.51. The van der Waals surface area contributed by atoms with Crippen molar-refractivity contribution < 1.29 is 19.0 Å². The SMILES string of the molecule is O=C(CCOc1cccc(Cl)c1)NCC(O)c1ccccc1F. The molecule has 2 aromatic carbocycles. The van der Waals surface area contributed by atoms with Gasteiger partial charge in [0.15, 0.2) is 0 Å². The van der Waals surface area contributed by atoms with Gasteiger partial charge >= 0.3 is 0 Å². The van der Waals surface area contributed by atoms with Crippen LogP contribution in [0.1, 0.15) is 18.1 Å². The summed E-state index contributed by atoms with van der Waals surface area (Å²) in [5, 5.41) is 13.0. The average Bonchev–Trinajstić information content (AvgIpc) is 2.53. The van der Waals surface area contributed by atoms with Crippen LogP contribution in [0.5, 0.6) is 5.75 Å². The van der Waals surface area contributed by atoms with Crippen LogP contribution in [-0.2, 0) is 4.79 Å². The Morgan fingerprint density at radius 1 is 1.26 bits per heavy atom. The van der Waals surface area contributed by atoms with Crippen LogP contribution in [0.4, 0.5) is 4.39 Å². The van der Waals surface area contributed by atoms with Crippen molar-refractivity contribution in [1.82, 2.24) is 5.32 Å². The summed E-state index contributed by atoms with van der Waals surface area (Å²) in [6.07, 6.45) is -0.967. The van der Waals surface area contributed by atoms with Crippen LogP contribution < -0.4 is 10.1 Å². The molecule has 2 aromatic rings. The Balaban J connectivity index is 1.72. The van der Waals surface area contributed by atoms with E-state index in [-0.39, 0.29) is 31.0 Å². The Bertz CT molecular complexity index is 666. The molecular weight excluding hydrogens is 321 g/mol. The topological polar surface area (TPSA) is 58.6 Å². The van der Waals surface area contributed by atoms with Crippen molar-refractivity contribution in [2.75, 3.05) is 13.2 Å². The quantitative estimate of drug-likeness (QED) is 0.816. The number of rotatable bonds is 7. The highest BCUT2D eigenvalue weighted by molar-refractivity contribution is 6.30. The molecule has 0 spiro atoms. The molecule has 1 amide bonds. The first-order valence-electron chi connectivity index (χ1n) is 7.14. The zero-order chi connectivity index (χ0) is 16.7. The first kappa shape index (κ1) is 17.2. The Morgan fingerprint density at radius 3 is 2.78 bits per heavy atom. The van der Waals surface area contributed by atoms with Crippen LogP contribution in [0.3, 0.4) is 0 Å². The third-order valence-corrected chi connectivity index (χ3v) is 3.39. The zero-order valence-corrected chi connectivity index (χ0v) is 13.1. The molecule has 1 atom stereocenters. The third-order valence-electron chi connectivity index (χ3n) is 3.15. The fraction of sp³-hybridized carbons (Fsp3) is 0.235. The maximum Gasteiger partial charge on any atom is 0.223 e. The van der Waals surface area contributed by atoms with Crippen LogP contribution in [-0.4, -0.2) is 24.2 Å². The van der Waals surface area contributed by atoms with E-state index in [4.69, 9.17) is 16.3 Å². The predicted molar refractivity (Wildman–Crippen MR) is 85.9 cm³/mol. The maximum absolute atomic E-state index is 13.5. The molecule has 0 radical (unpaired) electrons. The molecule has 0 aliphatic rings. The molecule has 0 heterocycles. The largest absolute Gasteiger partial charge is 0.493 e. The summed E-state index contributed by atoms with van der Waals surface area (Å²) >= 11 is 5.82. The van der Waals surface area contributed by atoms with Crippen molar-refractivity contribution in [2.24, 2.45) is 0 Å². The molecule has 0 fully saturated rings. The van der Waals surface area contributed by atoms with E-state index in [0.717, 1.165) is 0 Å². The number of nitrogens with one attached hydrogen (secondary N) is 1. The molecule has 23 heavy (non-hydrogen) atoms. The Morgan fingerprint density at radius 2 is 2.04 bits per heavy atom. The summed E-state index contributed by atoms with van der Waals surface area (Å²) < 4.78 is 18.9. The standard InChI is InChI=1S/C17H17ClFNO3/c18-12-4-3-5-13(10-12)23-9-8-17(22)20-11-16(21)14-6-1-2-7-15(14)19/h1-7,10,16,21H,8-9,11H2,(H,20,22). The van der Waals surface area contributed by atoms with E-state index < -0.39 is 11.9 Å². The lowest BCUT2D eigenvalue weighted by Crippen LogP contribution is -2.29. The van der Waals surface area contributed by atoms with Crippen LogP contribution in [0.15, 0.2) is 48.5 Å². The number of hydrogen-bond donors (Lipinski definition) is 2. The second kappa shape index (κ2) is 8.50. The number of halogens is 2. The smallest absolute Gasteiger partial charge is 0.223 e. The minimum atomic E-state index is -1.09. The molecule has 6 heteroatoms. The summed E-state index contributed by atoms with van der Waals surface area (Å²) in [5.74, 6) is -0.211. The fourth-order valence-corrected chi connectivity index (χ4v) is 2.15. The summed E-state index contributed by atoms with van der Waals surface area (Å²) in [6.45, 7) is 0.124. The van der Waals surface area contributed by atoms with E-state index in [1.54, 1.807) is 30.3 Å². The number of aliphatic hydroxyl groups excluding tert-OH is 1. The van der Waals surface area contributed by atoms with Gasteiger partial charge in [0.2, 0.25) is 5.91 Å². The molecular formula is C17H17ClFNO3. The van der Waals surface area contributed by atoms with Gasteiger partial charge in [-0.05, 0) is 24.3 Å². The van der Waals surface area contributed by atoms with Gasteiger partial charge in [0, 0.05) is 17.1 Å². The van der Waals surface area contributed by atoms with Gasteiger partial charge in [0.25, 0.3) is 0 Å². The van der Waals surface area contributed by atoms with Crippen molar-refractivity contribution in [3.8, 4) is 5.75 Å². The van der Waals surface area contributed by atoms with Crippen molar-refractivity contribution in [3.05, 3.63) is 64.9 Å². The molecule has 0 saturated heterocycles. The number of ether oxygens (including phenoxy) is 1. The van der Waals surface area contributed by atoms with E-state index >= 15 is 0 Å². The second-order valence-electron chi connectivity index (χ2n) is 4.90. The summed E-state index contributed by atoms with van der Waals surface area (Å²) in [5.41, 5.74) is 0.156. The van der Waals surface area contributed by atoms with E-state index in [0.29, 0.717) is 10.8 Å². The molecule has 0 saturated carbocycles. The number of aliphatic hydroxyl groups is 1. The molecule has 0 aliphatic heterocycles. The highest BCUT2D eigenvalue weighted by Gasteiger charge is 2.13.